The molecule has 0 amide bonds. The smallest absolute Gasteiger partial charge is 0.349 e. The van der Waals surface area contributed by atoms with Gasteiger partial charge in [0.1, 0.15) is 11.5 Å². The van der Waals surface area contributed by atoms with Crippen molar-refractivity contribution in [3.63, 3.8) is 0 Å². The van der Waals surface area contributed by atoms with Crippen molar-refractivity contribution in [3.8, 4) is 11.8 Å². The maximum atomic E-state index is 13.3. The largest absolute Gasteiger partial charge is 0.465 e. The molecule has 2 aromatic carbocycles. The van der Waals surface area contributed by atoms with Gasteiger partial charge in [-0.3, -0.25) is 14.6 Å². The van der Waals surface area contributed by atoms with Crippen LogP contribution in [0.5, 0.6) is 0 Å². The second kappa shape index (κ2) is 8.26. The lowest BCUT2D eigenvalue weighted by atomic mass is 9.75. The maximum Gasteiger partial charge on any atom is 0.349 e. The zero-order valence-corrected chi connectivity index (χ0v) is 18.3. The van der Waals surface area contributed by atoms with Crippen molar-refractivity contribution in [2.75, 3.05) is 6.61 Å². The highest BCUT2D eigenvalue weighted by Gasteiger charge is 2.50. The normalized spacial score (nSPS) is 16.9. The topological polar surface area (TPSA) is 118 Å². The third-order valence-electron chi connectivity index (χ3n) is 5.50. The van der Waals surface area contributed by atoms with Gasteiger partial charge in [-0.05, 0) is 43.0 Å². The van der Waals surface area contributed by atoms with Crippen LogP contribution in [0.25, 0.3) is 5.69 Å². The number of carbonyl (C=O) groups excluding carboxylic acids is 1. The lowest BCUT2D eigenvalue weighted by Crippen LogP contribution is -2.37. The Morgan fingerprint density at radius 1 is 1.28 bits per heavy atom. The molecular formula is C22H16Cl2N4O4. The molecule has 10 heteroatoms. The number of aromatic amines is 1. The Hall–Kier alpha value is -3.41. The van der Waals surface area contributed by atoms with Crippen molar-refractivity contribution < 1.29 is 9.53 Å². The number of fused-ring (bicyclic) bond motifs is 1. The molecule has 0 saturated carbocycles. The van der Waals surface area contributed by atoms with E-state index in [4.69, 9.17) is 33.2 Å². The van der Waals surface area contributed by atoms with E-state index < -0.39 is 28.3 Å². The Bertz CT molecular complexity index is 1380. The minimum Gasteiger partial charge on any atom is -0.465 e. The summed E-state index contributed by atoms with van der Waals surface area (Å²) in [7, 11) is 0. The Kier molecular flexibility index (Phi) is 5.63. The first-order valence-electron chi connectivity index (χ1n) is 9.72. The van der Waals surface area contributed by atoms with E-state index in [1.54, 1.807) is 13.0 Å². The van der Waals surface area contributed by atoms with E-state index in [9.17, 15) is 14.4 Å². The standard InChI is InChI=1S/C22H16Cl2N4O4/c1-2-32-20(30)22(8-7-12-5-3-4-6-14(12)22)18-15(23)9-13(10-16(18)24)28-21(31)26-19(29)17(11-25)27-28/h3-6,9-10H,2,7-8H2,1H3,(H,26,29,31). The molecule has 0 saturated heterocycles. The number of rotatable bonds is 4. The summed E-state index contributed by atoms with van der Waals surface area (Å²) in [5.74, 6) is -0.465. The Balaban J connectivity index is 1.96. The Labute approximate surface area is 192 Å². The van der Waals surface area contributed by atoms with Crippen LogP contribution in [-0.4, -0.2) is 27.3 Å². The van der Waals surface area contributed by atoms with Crippen molar-refractivity contribution >= 4 is 29.2 Å². The van der Waals surface area contributed by atoms with Crippen molar-refractivity contribution in [1.82, 2.24) is 14.8 Å². The summed E-state index contributed by atoms with van der Waals surface area (Å²) in [4.78, 5) is 39.2. The molecule has 8 nitrogen and oxygen atoms in total. The van der Waals surface area contributed by atoms with Gasteiger partial charge in [-0.1, -0.05) is 47.5 Å². The molecule has 162 valence electrons. The second-order valence-corrected chi connectivity index (χ2v) is 8.01. The molecule has 3 aromatic rings. The molecule has 4 rings (SSSR count). The number of ether oxygens (including phenoxy) is 1. The number of nitrogens with one attached hydrogen (secondary N) is 1. The summed E-state index contributed by atoms with van der Waals surface area (Å²) < 4.78 is 6.25. The predicted molar refractivity (Wildman–Crippen MR) is 117 cm³/mol. The maximum absolute atomic E-state index is 13.3. The van der Waals surface area contributed by atoms with Gasteiger partial charge in [0.05, 0.1) is 12.3 Å². The fraction of sp³-hybridized carbons (Fsp3) is 0.227. The number of halogens is 2. The number of esters is 1. The summed E-state index contributed by atoms with van der Waals surface area (Å²) in [6.45, 7) is 1.91. The third-order valence-corrected chi connectivity index (χ3v) is 6.10. The van der Waals surface area contributed by atoms with Gasteiger partial charge in [-0.25, -0.2) is 4.79 Å². The quantitative estimate of drug-likeness (QED) is 0.585. The van der Waals surface area contributed by atoms with Crippen LogP contribution < -0.4 is 11.2 Å². The lowest BCUT2D eigenvalue weighted by Gasteiger charge is -2.30. The number of benzene rings is 2. The zero-order chi connectivity index (χ0) is 23.0. The average molecular weight is 471 g/mol. The van der Waals surface area contributed by atoms with E-state index >= 15 is 0 Å². The van der Waals surface area contributed by atoms with Crippen molar-refractivity contribution in [1.29, 1.82) is 5.26 Å². The fourth-order valence-corrected chi connectivity index (χ4v) is 4.98. The van der Waals surface area contributed by atoms with Crippen LogP contribution in [0.4, 0.5) is 0 Å². The van der Waals surface area contributed by atoms with E-state index in [1.165, 1.54) is 12.1 Å². The van der Waals surface area contributed by atoms with Gasteiger partial charge in [-0.2, -0.15) is 9.94 Å². The Morgan fingerprint density at radius 2 is 1.97 bits per heavy atom. The fourth-order valence-electron chi connectivity index (χ4n) is 4.18. The van der Waals surface area contributed by atoms with E-state index in [-0.39, 0.29) is 22.3 Å². The van der Waals surface area contributed by atoms with Gasteiger partial charge in [0, 0.05) is 15.6 Å². The van der Waals surface area contributed by atoms with Crippen LogP contribution in [0.15, 0.2) is 46.0 Å². The molecule has 0 spiro atoms. The summed E-state index contributed by atoms with van der Waals surface area (Å²) >= 11 is 13.3. The van der Waals surface area contributed by atoms with Crippen molar-refractivity contribution in [2.45, 2.75) is 25.2 Å². The molecule has 1 unspecified atom stereocenters. The number of aromatic nitrogens is 3. The zero-order valence-electron chi connectivity index (χ0n) is 16.8. The van der Waals surface area contributed by atoms with Crippen LogP contribution in [-0.2, 0) is 21.4 Å². The van der Waals surface area contributed by atoms with Crippen LogP contribution in [0.3, 0.4) is 0 Å². The number of aryl methyl sites for hydroxylation is 1. The highest BCUT2D eigenvalue weighted by Crippen LogP contribution is 2.50. The number of H-pyrrole nitrogens is 1. The second-order valence-electron chi connectivity index (χ2n) is 7.20. The molecular weight excluding hydrogens is 455 g/mol. The Morgan fingerprint density at radius 3 is 2.62 bits per heavy atom. The molecule has 1 atom stereocenters. The summed E-state index contributed by atoms with van der Waals surface area (Å²) in [5.41, 5.74) is -1.20. The summed E-state index contributed by atoms with van der Waals surface area (Å²) in [6, 6.07) is 12.0. The highest BCUT2D eigenvalue weighted by molar-refractivity contribution is 6.37. The average Bonchev–Trinajstić information content (AvgIpc) is 3.14. The molecule has 1 aliphatic rings. The van der Waals surface area contributed by atoms with Gasteiger partial charge < -0.3 is 4.74 Å². The van der Waals surface area contributed by atoms with Crippen LogP contribution in [0.1, 0.15) is 35.7 Å². The molecule has 1 heterocycles. The number of nitriles is 1. The van der Waals surface area contributed by atoms with E-state index in [0.717, 1.165) is 15.8 Å². The predicted octanol–water partition coefficient (Wildman–Crippen LogP) is 2.89. The molecule has 32 heavy (non-hydrogen) atoms. The minimum absolute atomic E-state index is 0.121. The molecule has 1 aromatic heterocycles. The number of carbonyl (C=O) groups is 1. The van der Waals surface area contributed by atoms with Gasteiger partial charge in [0.2, 0.25) is 5.69 Å². The molecule has 0 radical (unpaired) electrons. The van der Waals surface area contributed by atoms with E-state index in [2.05, 4.69) is 5.10 Å². The van der Waals surface area contributed by atoms with E-state index in [1.807, 2.05) is 29.2 Å². The first kappa shape index (κ1) is 21.8. The number of nitrogens with zero attached hydrogens (tertiary/aromatic N) is 3. The molecule has 0 bridgehead atoms. The number of hydrogen-bond acceptors (Lipinski definition) is 6. The minimum atomic E-state index is -1.21. The monoisotopic (exact) mass is 470 g/mol. The first-order valence-corrected chi connectivity index (χ1v) is 10.5. The first-order chi connectivity index (χ1) is 15.3. The van der Waals surface area contributed by atoms with Crippen LogP contribution >= 0.6 is 23.2 Å². The van der Waals surface area contributed by atoms with Gasteiger partial charge in [0.15, 0.2) is 0 Å². The van der Waals surface area contributed by atoms with Crippen molar-refractivity contribution in [2.24, 2.45) is 0 Å². The molecule has 0 fully saturated rings. The van der Waals surface area contributed by atoms with Gasteiger partial charge in [-0.15, -0.1) is 5.10 Å². The van der Waals surface area contributed by atoms with Gasteiger partial charge >= 0.3 is 11.7 Å². The summed E-state index contributed by atoms with van der Waals surface area (Å²) in [6.07, 6.45) is 1.05. The third kappa shape index (κ3) is 3.30. The molecule has 1 N–H and O–H groups in total. The number of hydrogen-bond donors (Lipinski definition) is 1. The summed E-state index contributed by atoms with van der Waals surface area (Å²) in [5, 5.41) is 13.1. The van der Waals surface area contributed by atoms with Crippen LogP contribution in [0.2, 0.25) is 10.0 Å². The van der Waals surface area contributed by atoms with Crippen LogP contribution in [0, 0.1) is 11.3 Å². The lowest BCUT2D eigenvalue weighted by molar-refractivity contribution is -0.148. The van der Waals surface area contributed by atoms with Crippen molar-refractivity contribution in [3.05, 3.63) is 89.7 Å². The molecule has 1 aliphatic carbocycles. The highest BCUT2D eigenvalue weighted by atomic mass is 35.5. The van der Waals surface area contributed by atoms with E-state index in [0.29, 0.717) is 18.4 Å². The molecule has 0 aliphatic heterocycles. The van der Waals surface area contributed by atoms with Gasteiger partial charge in [0.25, 0.3) is 5.56 Å². The SMILES string of the molecule is CCOC(=O)C1(c2c(Cl)cc(-n3nc(C#N)c(=O)[nH]c3=O)cc2Cl)CCc2ccccc21.